The number of rotatable bonds is 4. The molecule has 0 fully saturated rings. The molecule has 0 aromatic heterocycles. The Morgan fingerprint density at radius 3 is 2.41 bits per heavy atom. The van der Waals surface area contributed by atoms with Crippen molar-refractivity contribution in [1.29, 1.82) is 0 Å². The zero-order valence-corrected chi connectivity index (χ0v) is 12.3. The molecule has 2 heteroatoms. The van der Waals surface area contributed by atoms with Gasteiger partial charge >= 0.3 is 0 Å². The third kappa shape index (κ3) is 4.55. The molecule has 0 spiro atoms. The van der Waals surface area contributed by atoms with Gasteiger partial charge in [-0.25, -0.2) is 0 Å². The van der Waals surface area contributed by atoms with E-state index in [0.29, 0.717) is 5.92 Å². The molecule has 98 valence electrons. The third-order valence-electron chi connectivity index (χ3n) is 3.61. The van der Waals surface area contributed by atoms with Gasteiger partial charge in [-0.2, -0.15) is 0 Å². The molecule has 0 aromatic rings. The quantitative estimate of drug-likeness (QED) is 0.740. The fourth-order valence-corrected chi connectivity index (χ4v) is 1.84. The lowest BCUT2D eigenvalue weighted by molar-refractivity contribution is 0.162. The van der Waals surface area contributed by atoms with Crippen LogP contribution >= 0.6 is 0 Å². The first-order valence-electron chi connectivity index (χ1n) is 6.61. The van der Waals surface area contributed by atoms with Gasteiger partial charge in [-0.1, -0.05) is 19.1 Å². The maximum Gasteiger partial charge on any atom is 0.0323 e. The lowest BCUT2D eigenvalue weighted by Crippen LogP contribution is -2.42. The number of likely N-dealkylation sites (N-methyl/N-ethyl adjacent to an activating group) is 2. The average molecular weight is 236 g/mol. The number of allylic oxidation sites excluding steroid dienone is 3. The summed E-state index contributed by atoms with van der Waals surface area (Å²) in [5.74, 6) is 0.679. The summed E-state index contributed by atoms with van der Waals surface area (Å²) in [7, 11) is 4.38. The lowest BCUT2D eigenvalue weighted by Gasteiger charge is -2.34. The fraction of sp³-hybridized carbons (Fsp3) is 0.733. The molecule has 0 saturated heterocycles. The first-order valence-corrected chi connectivity index (χ1v) is 6.61. The summed E-state index contributed by atoms with van der Waals surface area (Å²) in [5, 5.41) is 0. The van der Waals surface area contributed by atoms with Crippen molar-refractivity contribution in [3.63, 3.8) is 0 Å². The van der Waals surface area contributed by atoms with E-state index in [0.717, 1.165) is 13.1 Å². The second-order valence-corrected chi connectivity index (χ2v) is 6.22. The van der Waals surface area contributed by atoms with Crippen molar-refractivity contribution < 1.29 is 0 Å². The molecule has 0 heterocycles. The minimum atomic E-state index is 0.255. The summed E-state index contributed by atoms with van der Waals surface area (Å²) in [6.07, 6.45) is 8.08. The molecule has 0 aliphatic heterocycles. The molecular weight excluding hydrogens is 208 g/mol. The number of hydrogen-bond acceptors (Lipinski definition) is 2. The van der Waals surface area contributed by atoms with Gasteiger partial charge in [0.1, 0.15) is 0 Å². The number of hydrogen-bond donors (Lipinski definition) is 0. The lowest BCUT2D eigenvalue weighted by atomic mass is 10.0. The Morgan fingerprint density at radius 1 is 1.24 bits per heavy atom. The Bertz CT molecular complexity index is 297. The van der Waals surface area contributed by atoms with Crippen molar-refractivity contribution >= 4 is 0 Å². The van der Waals surface area contributed by atoms with Crippen LogP contribution in [0.5, 0.6) is 0 Å². The zero-order valence-electron chi connectivity index (χ0n) is 12.3. The zero-order chi connectivity index (χ0) is 13.1. The van der Waals surface area contributed by atoms with Gasteiger partial charge in [-0.05, 0) is 46.2 Å². The average Bonchev–Trinajstić information content (AvgIpc) is 2.24. The van der Waals surface area contributed by atoms with Crippen molar-refractivity contribution in [2.24, 2.45) is 5.92 Å². The Kier molecular flexibility index (Phi) is 4.81. The van der Waals surface area contributed by atoms with Crippen molar-refractivity contribution in [3.05, 3.63) is 23.9 Å². The van der Waals surface area contributed by atoms with Gasteiger partial charge < -0.3 is 4.90 Å². The van der Waals surface area contributed by atoms with Crippen LogP contribution in [0, 0.1) is 5.92 Å². The van der Waals surface area contributed by atoms with E-state index < -0.39 is 0 Å². The summed E-state index contributed by atoms with van der Waals surface area (Å²) in [4.78, 5) is 4.76. The van der Waals surface area contributed by atoms with Crippen molar-refractivity contribution in [2.75, 3.05) is 27.2 Å². The second kappa shape index (κ2) is 5.72. The molecular formula is C15H28N2. The molecule has 0 aromatic carbocycles. The second-order valence-electron chi connectivity index (χ2n) is 6.22. The van der Waals surface area contributed by atoms with Crippen LogP contribution in [0.15, 0.2) is 23.9 Å². The summed E-state index contributed by atoms with van der Waals surface area (Å²) in [5.41, 5.74) is 1.62. The van der Waals surface area contributed by atoms with Gasteiger partial charge in [0.15, 0.2) is 0 Å². The first-order chi connectivity index (χ1) is 7.80. The molecule has 0 N–H and O–H groups in total. The van der Waals surface area contributed by atoms with Crippen LogP contribution in [0.4, 0.5) is 0 Å². The van der Waals surface area contributed by atoms with Crippen LogP contribution in [0.3, 0.4) is 0 Å². The minimum absolute atomic E-state index is 0.255. The van der Waals surface area contributed by atoms with Gasteiger partial charge in [-0.3, -0.25) is 4.90 Å². The highest BCUT2D eigenvalue weighted by atomic mass is 15.2. The van der Waals surface area contributed by atoms with Crippen LogP contribution in [0.25, 0.3) is 0 Å². The number of nitrogens with zero attached hydrogens (tertiary/aromatic N) is 2. The predicted octanol–water partition coefficient (Wildman–Crippen LogP) is 3.13. The predicted molar refractivity (Wildman–Crippen MR) is 76.0 cm³/mol. The first kappa shape index (κ1) is 14.3. The molecule has 17 heavy (non-hydrogen) atoms. The van der Waals surface area contributed by atoms with Gasteiger partial charge in [0.2, 0.25) is 0 Å². The molecule has 2 nitrogen and oxygen atoms in total. The highest BCUT2D eigenvalue weighted by molar-refractivity contribution is 5.22. The maximum atomic E-state index is 2.40. The van der Waals surface area contributed by atoms with E-state index in [1.54, 1.807) is 0 Å². The van der Waals surface area contributed by atoms with Gasteiger partial charge in [-0.15, -0.1) is 0 Å². The maximum absolute atomic E-state index is 2.40. The van der Waals surface area contributed by atoms with Crippen LogP contribution in [-0.2, 0) is 0 Å². The van der Waals surface area contributed by atoms with Crippen molar-refractivity contribution in [1.82, 2.24) is 9.80 Å². The molecule has 1 unspecified atom stereocenters. The fourth-order valence-electron chi connectivity index (χ4n) is 1.84. The highest BCUT2D eigenvalue weighted by Crippen LogP contribution is 2.18. The van der Waals surface area contributed by atoms with E-state index in [1.165, 1.54) is 12.1 Å². The van der Waals surface area contributed by atoms with E-state index in [9.17, 15) is 0 Å². The smallest absolute Gasteiger partial charge is 0.0323 e. The van der Waals surface area contributed by atoms with E-state index in [-0.39, 0.29) is 5.54 Å². The van der Waals surface area contributed by atoms with Crippen molar-refractivity contribution in [3.8, 4) is 0 Å². The van der Waals surface area contributed by atoms with E-state index in [2.05, 4.69) is 69.8 Å². The topological polar surface area (TPSA) is 6.48 Å². The summed E-state index contributed by atoms with van der Waals surface area (Å²) in [6.45, 7) is 11.2. The van der Waals surface area contributed by atoms with Crippen LogP contribution in [-0.4, -0.2) is 42.5 Å². The highest BCUT2D eigenvalue weighted by Gasteiger charge is 2.17. The summed E-state index contributed by atoms with van der Waals surface area (Å²) >= 11 is 0. The largest absolute Gasteiger partial charge is 0.374 e. The standard InChI is InChI=1S/C15H28N2/c1-13-8-7-9-14(12-13)16(5)10-11-17(6)15(2,3)4/h7,9,12-13H,8,10-11H2,1-6H3. The molecule has 1 rings (SSSR count). The van der Waals surface area contributed by atoms with E-state index in [4.69, 9.17) is 0 Å². The summed E-state index contributed by atoms with van der Waals surface area (Å²) in [6, 6.07) is 0. The van der Waals surface area contributed by atoms with Crippen molar-refractivity contribution in [2.45, 2.75) is 39.7 Å². The van der Waals surface area contributed by atoms with Crippen LogP contribution < -0.4 is 0 Å². The molecule has 0 bridgehead atoms. The van der Waals surface area contributed by atoms with Gasteiger partial charge in [0.25, 0.3) is 0 Å². The molecule has 0 amide bonds. The third-order valence-corrected chi connectivity index (χ3v) is 3.61. The molecule has 1 aliphatic rings. The molecule has 0 saturated carbocycles. The Labute approximate surface area is 107 Å². The van der Waals surface area contributed by atoms with E-state index in [1.807, 2.05) is 0 Å². The van der Waals surface area contributed by atoms with Gasteiger partial charge in [0.05, 0.1) is 0 Å². The summed E-state index contributed by atoms with van der Waals surface area (Å²) < 4.78 is 0. The van der Waals surface area contributed by atoms with Crippen LogP contribution in [0.1, 0.15) is 34.1 Å². The normalized spacial score (nSPS) is 20.6. The Hall–Kier alpha value is -0.760. The molecule has 1 aliphatic carbocycles. The minimum Gasteiger partial charge on any atom is -0.374 e. The monoisotopic (exact) mass is 236 g/mol. The molecule has 1 atom stereocenters. The Balaban J connectivity index is 2.45. The van der Waals surface area contributed by atoms with E-state index >= 15 is 0 Å². The van der Waals surface area contributed by atoms with Gasteiger partial charge in [0, 0.05) is 31.4 Å². The van der Waals surface area contributed by atoms with Crippen LogP contribution in [0.2, 0.25) is 0 Å². The SMILES string of the molecule is CC1C=C(N(C)CCN(C)C(C)(C)C)C=CC1. The molecule has 0 radical (unpaired) electrons. The Morgan fingerprint density at radius 2 is 1.88 bits per heavy atom.